The molecule has 0 aliphatic carbocycles. The molecule has 0 rings (SSSR count). The molecule has 0 fully saturated rings. The van der Waals surface area contributed by atoms with Crippen LogP contribution in [0.2, 0.25) is 0 Å². The lowest BCUT2D eigenvalue weighted by Gasteiger charge is -2.04. The number of rotatable bonds is 2. The first-order valence-corrected chi connectivity index (χ1v) is 2.29. The van der Waals surface area contributed by atoms with Crippen LogP contribution in [-0.4, -0.2) is 12.6 Å². The summed E-state index contributed by atoms with van der Waals surface area (Å²) in [6.07, 6.45) is 0. The van der Waals surface area contributed by atoms with Crippen molar-refractivity contribution in [3.63, 3.8) is 0 Å². The molecule has 0 aromatic heterocycles. The molecule has 0 unspecified atom stereocenters. The molecular formula is C5H12N2. The fourth-order valence-corrected chi connectivity index (χ4v) is 0.201. The molecule has 0 aliphatic rings. The van der Waals surface area contributed by atoms with E-state index in [1.165, 1.54) is 0 Å². The van der Waals surface area contributed by atoms with Crippen molar-refractivity contribution in [1.82, 2.24) is 0 Å². The summed E-state index contributed by atoms with van der Waals surface area (Å²) in [4.78, 5) is 0. The fourth-order valence-electron chi connectivity index (χ4n) is 0.201. The van der Waals surface area contributed by atoms with Crippen molar-refractivity contribution in [3.8, 4) is 0 Å². The molecule has 0 saturated heterocycles. The quantitative estimate of drug-likeness (QED) is 0.474. The molecule has 7 heavy (non-hydrogen) atoms. The minimum atomic E-state index is -0.0139. The van der Waals surface area contributed by atoms with Crippen molar-refractivity contribution in [2.45, 2.75) is 13.0 Å². The van der Waals surface area contributed by atoms with Crippen LogP contribution in [0.3, 0.4) is 0 Å². The highest BCUT2D eigenvalue weighted by atomic mass is 14.7. The monoisotopic (exact) mass is 100 g/mol. The summed E-state index contributed by atoms with van der Waals surface area (Å²) in [5, 5.41) is 0. The van der Waals surface area contributed by atoms with E-state index in [1.807, 2.05) is 6.92 Å². The molecule has 2 heteroatoms. The lowest BCUT2D eigenvalue weighted by atomic mass is 10.2. The van der Waals surface area contributed by atoms with Gasteiger partial charge in [0.2, 0.25) is 0 Å². The maximum atomic E-state index is 5.39. The van der Waals surface area contributed by atoms with Crippen LogP contribution in [0.25, 0.3) is 0 Å². The smallest absolute Gasteiger partial charge is 0.0373 e. The molecule has 0 bridgehead atoms. The standard InChI is InChI=1S/C5H12N2/c1-4(2)5(7)3-6/h5H,1,3,6-7H2,2H3/t5-/m0/s1. The minimum Gasteiger partial charge on any atom is -0.329 e. The first-order chi connectivity index (χ1) is 3.18. The van der Waals surface area contributed by atoms with E-state index in [0.717, 1.165) is 5.57 Å². The van der Waals surface area contributed by atoms with Crippen LogP contribution in [0, 0.1) is 0 Å². The molecule has 4 N–H and O–H groups in total. The van der Waals surface area contributed by atoms with Gasteiger partial charge in [-0.05, 0) is 6.92 Å². The van der Waals surface area contributed by atoms with E-state index in [2.05, 4.69) is 6.58 Å². The van der Waals surface area contributed by atoms with Gasteiger partial charge in [-0.15, -0.1) is 0 Å². The molecule has 0 aromatic rings. The Labute approximate surface area is 44.2 Å². The molecule has 0 heterocycles. The third-order valence-corrected chi connectivity index (χ3v) is 0.887. The van der Waals surface area contributed by atoms with Gasteiger partial charge in [0.15, 0.2) is 0 Å². The van der Waals surface area contributed by atoms with Crippen LogP contribution in [0.15, 0.2) is 12.2 Å². The van der Waals surface area contributed by atoms with Gasteiger partial charge in [-0.1, -0.05) is 12.2 Å². The first kappa shape index (κ1) is 6.66. The predicted molar refractivity (Wildman–Crippen MR) is 31.8 cm³/mol. The maximum absolute atomic E-state index is 5.39. The van der Waals surface area contributed by atoms with Gasteiger partial charge in [0, 0.05) is 12.6 Å². The summed E-state index contributed by atoms with van der Waals surface area (Å²) < 4.78 is 0. The van der Waals surface area contributed by atoms with Crippen LogP contribution < -0.4 is 11.5 Å². The molecule has 0 radical (unpaired) electrons. The van der Waals surface area contributed by atoms with Gasteiger partial charge < -0.3 is 11.5 Å². The van der Waals surface area contributed by atoms with Gasteiger partial charge in [0.1, 0.15) is 0 Å². The normalized spacial score (nSPS) is 13.6. The molecule has 0 aromatic carbocycles. The Balaban J connectivity index is 3.34. The van der Waals surface area contributed by atoms with E-state index < -0.39 is 0 Å². The second-order valence-corrected chi connectivity index (χ2v) is 1.69. The highest BCUT2D eigenvalue weighted by Crippen LogP contribution is 1.88. The summed E-state index contributed by atoms with van der Waals surface area (Å²) >= 11 is 0. The maximum Gasteiger partial charge on any atom is 0.0373 e. The summed E-state index contributed by atoms with van der Waals surface area (Å²) in [5.74, 6) is 0. The van der Waals surface area contributed by atoms with Gasteiger partial charge in [-0.2, -0.15) is 0 Å². The second-order valence-electron chi connectivity index (χ2n) is 1.69. The van der Waals surface area contributed by atoms with Crippen LogP contribution >= 0.6 is 0 Å². The van der Waals surface area contributed by atoms with Crippen LogP contribution in [0.4, 0.5) is 0 Å². The van der Waals surface area contributed by atoms with Gasteiger partial charge in [-0.3, -0.25) is 0 Å². The molecule has 0 amide bonds. The molecule has 0 aliphatic heterocycles. The zero-order valence-electron chi connectivity index (χ0n) is 4.65. The Morgan fingerprint density at radius 3 is 2.29 bits per heavy atom. The number of hydrogen-bond donors (Lipinski definition) is 2. The molecule has 2 nitrogen and oxygen atoms in total. The highest BCUT2D eigenvalue weighted by molar-refractivity contribution is 4.99. The van der Waals surface area contributed by atoms with Crippen LogP contribution in [0.1, 0.15) is 6.92 Å². The fraction of sp³-hybridized carbons (Fsp3) is 0.600. The van der Waals surface area contributed by atoms with E-state index in [1.54, 1.807) is 0 Å². The summed E-state index contributed by atoms with van der Waals surface area (Å²) in [5.41, 5.74) is 11.5. The van der Waals surface area contributed by atoms with Crippen molar-refractivity contribution in [3.05, 3.63) is 12.2 Å². The van der Waals surface area contributed by atoms with E-state index in [0.29, 0.717) is 6.54 Å². The van der Waals surface area contributed by atoms with Crippen molar-refractivity contribution < 1.29 is 0 Å². The van der Waals surface area contributed by atoms with Crippen LogP contribution in [0.5, 0.6) is 0 Å². The zero-order chi connectivity index (χ0) is 5.86. The summed E-state index contributed by atoms with van der Waals surface area (Å²) in [6.45, 7) is 5.99. The highest BCUT2D eigenvalue weighted by Gasteiger charge is 1.95. The van der Waals surface area contributed by atoms with Crippen LogP contribution in [-0.2, 0) is 0 Å². The molecule has 0 saturated carbocycles. The lowest BCUT2D eigenvalue weighted by Crippen LogP contribution is -2.30. The van der Waals surface area contributed by atoms with E-state index in [-0.39, 0.29) is 6.04 Å². The topological polar surface area (TPSA) is 52.0 Å². The van der Waals surface area contributed by atoms with Crippen molar-refractivity contribution in [2.75, 3.05) is 6.54 Å². The van der Waals surface area contributed by atoms with Crippen molar-refractivity contribution in [1.29, 1.82) is 0 Å². The third kappa shape index (κ3) is 2.37. The Morgan fingerprint density at radius 1 is 1.86 bits per heavy atom. The average Bonchev–Trinajstić information content (AvgIpc) is 1.65. The SMILES string of the molecule is C=C(C)[C@@H](N)CN. The largest absolute Gasteiger partial charge is 0.329 e. The lowest BCUT2D eigenvalue weighted by molar-refractivity contribution is 0.780. The van der Waals surface area contributed by atoms with E-state index >= 15 is 0 Å². The minimum absolute atomic E-state index is 0.0139. The Hall–Kier alpha value is -0.340. The molecule has 42 valence electrons. The zero-order valence-corrected chi connectivity index (χ0v) is 4.65. The van der Waals surface area contributed by atoms with Crippen molar-refractivity contribution in [2.24, 2.45) is 11.5 Å². The van der Waals surface area contributed by atoms with Gasteiger partial charge in [0.05, 0.1) is 0 Å². The Kier molecular flexibility index (Phi) is 2.64. The van der Waals surface area contributed by atoms with Gasteiger partial charge in [-0.25, -0.2) is 0 Å². The molecule has 1 atom stereocenters. The van der Waals surface area contributed by atoms with Crippen molar-refractivity contribution >= 4 is 0 Å². The second kappa shape index (κ2) is 2.77. The molecule has 0 spiro atoms. The van der Waals surface area contributed by atoms with E-state index in [4.69, 9.17) is 11.5 Å². The predicted octanol–water partition coefficient (Wildman–Crippen LogP) is -0.151. The molecular weight excluding hydrogens is 88.1 g/mol. The van der Waals surface area contributed by atoms with Gasteiger partial charge >= 0.3 is 0 Å². The Bertz CT molecular complexity index is 68.5. The third-order valence-electron chi connectivity index (χ3n) is 0.887. The summed E-state index contributed by atoms with van der Waals surface area (Å²) in [7, 11) is 0. The van der Waals surface area contributed by atoms with E-state index in [9.17, 15) is 0 Å². The number of nitrogens with two attached hydrogens (primary N) is 2. The summed E-state index contributed by atoms with van der Waals surface area (Å²) in [6, 6.07) is -0.0139. The van der Waals surface area contributed by atoms with Gasteiger partial charge in [0.25, 0.3) is 0 Å². The first-order valence-electron chi connectivity index (χ1n) is 2.29. The average molecular weight is 100 g/mol. The number of hydrogen-bond acceptors (Lipinski definition) is 2. The Morgan fingerprint density at radius 2 is 2.29 bits per heavy atom.